The van der Waals surface area contributed by atoms with Gasteiger partial charge in [-0.15, -0.1) is 0 Å². The largest absolute Gasteiger partial charge is 0.476 e. The summed E-state index contributed by atoms with van der Waals surface area (Å²) < 4.78 is 18.3. The Morgan fingerprint density at radius 3 is 2.82 bits per heavy atom. The van der Waals surface area contributed by atoms with Crippen molar-refractivity contribution in [2.24, 2.45) is 0 Å². The number of carboxylic acids is 1. The Hall–Kier alpha value is -2.17. The fourth-order valence-corrected chi connectivity index (χ4v) is 1.57. The molecule has 1 aromatic carbocycles. The van der Waals surface area contributed by atoms with Gasteiger partial charge in [0.05, 0.1) is 0 Å². The number of aromatic nitrogens is 1. The van der Waals surface area contributed by atoms with Crippen molar-refractivity contribution in [2.45, 2.75) is 12.8 Å². The molecule has 0 aliphatic carbocycles. The van der Waals surface area contributed by atoms with Crippen LogP contribution >= 0.6 is 0 Å². The zero-order valence-electron chi connectivity index (χ0n) is 8.89. The Kier molecular flexibility index (Phi) is 3.18. The number of oxazole rings is 1. The van der Waals surface area contributed by atoms with Crippen LogP contribution < -0.4 is 0 Å². The molecule has 0 unspecified atom stereocenters. The van der Waals surface area contributed by atoms with E-state index < -0.39 is 5.97 Å². The van der Waals surface area contributed by atoms with E-state index in [9.17, 15) is 9.18 Å². The van der Waals surface area contributed by atoms with Crippen LogP contribution in [0.15, 0.2) is 35.1 Å². The molecule has 0 amide bonds. The topological polar surface area (TPSA) is 63.3 Å². The molecule has 0 radical (unpaired) electrons. The smallest absolute Gasteiger partial charge is 0.358 e. The molecule has 88 valence electrons. The number of benzene rings is 1. The fraction of sp³-hybridized carbons (Fsp3) is 0.167. The minimum absolute atomic E-state index is 0.110. The third kappa shape index (κ3) is 2.50. The molecule has 0 bridgehead atoms. The first-order valence-corrected chi connectivity index (χ1v) is 5.07. The summed E-state index contributed by atoms with van der Waals surface area (Å²) in [7, 11) is 0. The Morgan fingerprint density at radius 2 is 2.12 bits per heavy atom. The van der Waals surface area contributed by atoms with E-state index in [4.69, 9.17) is 9.52 Å². The Morgan fingerprint density at radius 1 is 1.35 bits per heavy atom. The number of halogens is 1. The van der Waals surface area contributed by atoms with Gasteiger partial charge in [-0.2, -0.15) is 0 Å². The van der Waals surface area contributed by atoms with Gasteiger partial charge in [-0.3, -0.25) is 0 Å². The van der Waals surface area contributed by atoms with Gasteiger partial charge in [0.2, 0.25) is 0 Å². The lowest BCUT2D eigenvalue weighted by molar-refractivity contribution is 0.0689. The summed E-state index contributed by atoms with van der Waals surface area (Å²) in [5.41, 5.74) is 0.418. The number of aromatic carboxylic acids is 1. The minimum Gasteiger partial charge on any atom is -0.476 e. The second-order valence-electron chi connectivity index (χ2n) is 3.52. The monoisotopic (exact) mass is 235 g/mol. The van der Waals surface area contributed by atoms with Crippen molar-refractivity contribution in [1.29, 1.82) is 0 Å². The molecule has 4 nitrogen and oxygen atoms in total. The molecule has 0 spiro atoms. The van der Waals surface area contributed by atoms with Crippen LogP contribution in [0.2, 0.25) is 0 Å². The van der Waals surface area contributed by atoms with Crippen molar-refractivity contribution in [1.82, 2.24) is 4.98 Å². The van der Waals surface area contributed by atoms with Crippen molar-refractivity contribution in [3.8, 4) is 0 Å². The van der Waals surface area contributed by atoms with Crippen LogP contribution in [0.4, 0.5) is 4.39 Å². The van der Waals surface area contributed by atoms with Crippen LogP contribution in [0.3, 0.4) is 0 Å². The first-order chi connectivity index (χ1) is 8.18. The number of carbonyl (C=O) groups is 1. The van der Waals surface area contributed by atoms with Gasteiger partial charge < -0.3 is 9.52 Å². The third-order valence-electron chi connectivity index (χ3n) is 2.42. The van der Waals surface area contributed by atoms with E-state index in [2.05, 4.69) is 4.98 Å². The normalized spacial score (nSPS) is 10.4. The molecule has 1 heterocycles. The number of aryl methyl sites for hydroxylation is 2. The molecule has 0 saturated heterocycles. The first-order valence-electron chi connectivity index (χ1n) is 5.07. The quantitative estimate of drug-likeness (QED) is 0.883. The molecule has 0 saturated carbocycles. The molecule has 2 rings (SSSR count). The van der Waals surface area contributed by atoms with Gasteiger partial charge in [-0.05, 0) is 18.1 Å². The summed E-state index contributed by atoms with van der Waals surface area (Å²) in [6.45, 7) is 0. The maximum Gasteiger partial charge on any atom is 0.358 e. The molecular weight excluding hydrogens is 225 g/mol. The highest BCUT2D eigenvalue weighted by Crippen LogP contribution is 2.13. The zero-order valence-corrected chi connectivity index (χ0v) is 8.89. The summed E-state index contributed by atoms with van der Waals surface area (Å²) in [5.74, 6) is -1.17. The number of rotatable bonds is 4. The molecule has 0 atom stereocenters. The summed E-state index contributed by atoms with van der Waals surface area (Å²) >= 11 is 0. The van der Waals surface area contributed by atoms with Gasteiger partial charge in [0.15, 0.2) is 12.1 Å². The van der Waals surface area contributed by atoms with Crippen molar-refractivity contribution in [3.05, 3.63) is 53.5 Å². The van der Waals surface area contributed by atoms with Crippen LogP contribution in [-0.4, -0.2) is 16.1 Å². The van der Waals surface area contributed by atoms with E-state index in [-0.39, 0.29) is 17.3 Å². The highest BCUT2D eigenvalue weighted by atomic mass is 19.1. The Labute approximate surface area is 96.7 Å². The van der Waals surface area contributed by atoms with Crippen molar-refractivity contribution in [3.63, 3.8) is 0 Å². The number of nitrogens with zero attached hydrogens (tertiary/aromatic N) is 1. The van der Waals surface area contributed by atoms with Crippen LogP contribution in [0.5, 0.6) is 0 Å². The predicted octanol–water partition coefficient (Wildman–Crippen LogP) is 2.30. The predicted molar refractivity (Wildman–Crippen MR) is 57.3 cm³/mol. The molecule has 5 heteroatoms. The lowest BCUT2D eigenvalue weighted by atomic mass is 10.1. The molecule has 2 aromatic rings. The maximum atomic E-state index is 13.3. The molecule has 0 aliphatic rings. The summed E-state index contributed by atoms with van der Waals surface area (Å²) in [4.78, 5) is 14.4. The van der Waals surface area contributed by atoms with Crippen LogP contribution in [0.25, 0.3) is 0 Å². The number of carboxylic acid groups (broad SMARTS) is 1. The first kappa shape index (κ1) is 11.3. The molecule has 17 heavy (non-hydrogen) atoms. The highest BCUT2D eigenvalue weighted by molar-refractivity contribution is 5.86. The second-order valence-corrected chi connectivity index (χ2v) is 3.52. The van der Waals surface area contributed by atoms with Gasteiger partial charge in [0.1, 0.15) is 11.6 Å². The van der Waals surface area contributed by atoms with E-state index >= 15 is 0 Å². The average molecular weight is 235 g/mol. The van der Waals surface area contributed by atoms with Gasteiger partial charge >= 0.3 is 5.97 Å². The summed E-state index contributed by atoms with van der Waals surface area (Å²) in [6.07, 6.45) is 1.77. The SMILES string of the molecule is O=C(O)c1ncoc1CCc1ccccc1F. The number of hydrogen-bond donors (Lipinski definition) is 1. The van der Waals surface area contributed by atoms with Crippen LogP contribution in [0, 0.1) is 5.82 Å². The number of hydrogen-bond acceptors (Lipinski definition) is 3. The van der Waals surface area contributed by atoms with Gasteiger partial charge in [0, 0.05) is 6.42 Å². The molecule has 1 aromatic heterocycles. The summed E-state index contributed by atoms with van der Waals surface area (Å²) in [5, 5.41) is 8.81. The molecule has 0 aliphatic heterocycles. The van der Waals surface area contributed by atoms with E-state index in [0.29, 0.717) is 18.4 Å². The fourth-order valence-electron chi connectivity index (χ4n) is 1.57. The zero-order chi connectivity index (χ0) is 12.3. The highest BCUT2D eigenvalue weighted by Gasteiger charge is 2.15. The van der Waals surface area contributed by atoms with E-state index in [1.165, 1.54) is 6.07 Å². The Bertz CT molecular complexity index is 536. The van der Waals surface area contributed by atoms with E-state index in [0.717, 1.165) is 6.39 Å². The average Bonchev–Trinajstić information content (AvgIpc) is 2.76. The van der Waals surface area contributed by atoms with Crippen molar-refractivity contribution in [2.75, 3.05) is 0 Å². The lowest BCUT2D eigenvalue weighted by Gasteiger charge is -2.01. The van der Waals surface area contributed by atoms with Crippen molar-refractivity contribution < 1.29 is 18.7 Å². The van der Waals surface area contributed by atoms with Gasteiger partial charge in [0.25, 0.3) is 0 Å². The molecule has 1 N–H and O–H groups in total. The minimum atomic E-state index is -1.14. The Balaban J connectivity index is 2.10. The molecular formula is C12H10FNO3. The standard InChI is InChI=1S/C12H10FNO3/c13-9-4-2-1-3-8(9)5-6-10-11(12(15)16)14-7-17-10/h1-4,7H,5-6H2,(H,15,16). The van der Waals surface area contributed by atoms with Crippen LogP contribution in [0.1, 0.15) is 21.8 Å². The third-order valence-corrected chi connectivity index (χ3v) is 2.42. The van der Waals surface area contributed by atoms with Crippen molar-refractivity contribution >= 4 is 5.97 Å². The van der Waals surface area contributed by atoms with Gasteiger partial charge in [-0.1, -0.05) is 18.2 Å². The maximum absolute atomic E-state index is 13.3. The van der Waals surface area contributed by atoms with Crippen LogP contribution in [-0.2, 0) is 12.8 Å². The van der Waals surface area contributed by atoms with Gasteiger partial charge in [-0.25, -0.2) is 14.2 Å². The van der Waals surface area contributed by atoms with E-state index in [1.807, 2.05) is 0 Å². The lowest BCUT2D eigenvalue weighted by Crippen LogP contribution is -2.03. The second kappa shape index (κ2) is 4.78. The molecule has 0 fully saturated rings. The summed E-state index contributed by atoms with van der Waals surface area (Å²) in [6, 6.07) is 6.37. The van der Waals surface area contributed by atoms with E-state index in [1.54, 1.807) is 18.2 Å².